The minimum atomic E-state index is -1.93. The molecule has 4 aromatic rings. The molecule has 5 nitrogen and oxygen atoms in total. The van der Waals surface area contributed by atoms with Crippen LogP contribution in [0.3, 0.4) is 0 Å². The molecule has 0 bridgehead atoms. The Hall–Kier alpha value is -3.14. The Labute approximate surface area is 259 Å². The van der Waals surface area contributed by atoms with Crippen molar-refractivity contribution >= 4 is 19.2 Å². The highest BCUT2D eigenvalue weighted by atomic mass is 28.4. The number of aromatic amines is 1. The first kappa shape index (κ1) is 32.3. The molecule has 236 valence electrons. The van der Waals surface area contributed by atoms with E-state index < -0.39 is 31.7 Å². The zero-order valence-electron chi connectivity index (χ0n) is 27.0. The van der Waals surface area contributed by atoms with Gasteiger partial charge in [-0.15, -0.1) is 0 Å². The van der Waals surface area contributed by atoms with Crippen molar-refractivity contribution in [2.45, 2.75) is 97.1 Å². The molecule has 0 unspecified atom stereocenters. The highest BCUT2D eigenvalue weighted by Gasteiger charge is 2.41. The Morgan fingerprint density at radius 2 is 1.68 bits per heavy atom. The van der Waals surface area contributed by atoms with Crippen LogP contribution in [0.4, 0.5) is 13.2 Å². The summed E-state index contributed by atoms with van der Waals surface area (Å²) in [6.07, 6.45) is 2.33. The van der Waals surface area contributed by atoms with E-state index in [0.717, 1.165) is 22.0 Å². The van der Waals surface area contributed by atoms with E-state index in [4.69, 9.17) is 9.16 Å². The van der Waals surface area contributed by atoms with Crippen molar-refractivity contribution in [3.63, 3.8) is 0 Å². The third kappa shape index (κ3) is 6.75. The zero-order chi connectivity index (χ0) is 32.0. The van der Waals surface area contributed by atoms with Crippen molar-refractivity contribution in [3.05, 3.63) is 94.4 Å². The van der Waals surface area contributed by atoms with Gasteiger partial charge in [-0.05, 0) is 74.7 Å². The second kappa shape index (κ2) is 12.0. The molecule has 9 heteroatoms. The molecular formula is C35H44F3N3O2Si. The van der Waals surface area contributed by atoms with Crippen LogP contribution >= 0.6 is 0 Å². The van der Waals surface area contributed by atoms with Crippen molar-refractivity contribution in [2.24, 2.45) is 0 Å². The first-order chi connectivity index (χ1) is 20.5. The number of pyridine rings is 1. The van der Waals surface area contributed by atoms with Gasteiger partial charge < -0.3 is 14.1 Å². The van der Waals surface area contributed by atoms with E-state index in [2.05, 4.69) is 43.8 Å². The van der Waals surface area contributed by atoms with Crippen molar-refractivity contribution in [1.82, 2.24) is 14.9 Å². The fraction of sp³-hybridized carbons (Fsp3) is 0.457. The summed E-state index contributed by atoms with van der Waals surface area (Å²) in [4.78, 5) is 9.65. The molecule has 1 N–H and O–H groups in total. The van der Waals surface area contributed by atoms with Crippen LogP contribution in [-0.2, 0) is 24.1 Å². The van der Waals surface area contributed by atoms with Crippen LogP contribution in [0, 0.1) is 11.6 Å². The van der Waals surface area contributed by atoms with Gasteiger partial charge in [0, 0.05) is 53.1 Å². The highest BCUT2D eigenvalue weighted by molar-refractivity contribution is 6.74. The molecule has 0 saturated heterocycles. The van der Waals surface area contributed by atoms with Crippen LogP contribution in [-0.4, -0.2) is 41.4 Å². The predicted molar refractivity (Wildman–Crippen MR) is 172 cm³/mol. The van der Waals surface area contributed by atoms with E-state index in [9.17, 15) is 0 Å². The van der Waals surface area contributed by atoms with E-state index in [1.165, 1.54) is 26.0 Å². The number of nitrogens with one attached hydrogen (secondary N) is 1. The molecule has 0 radical (unpaired) electrons. The minimum Gasteiger partial charge on any atom is -0.487 e. The van der Waals surface area contributed by atoms with Gasteiger partial charge in [-0.1, -0.05) is 39.0 Å². The van der Waals surface area contributed by atoms with Crippen molar-refractivity contribution in [2.75, 3.05) is 6.54 Å². The van der Waals surface area contributed by atoms with E-state index in [-0.39, 0.29) is 35.5 Å². The monoisotopic (exact) mass is 623 g/mol. The molecule has 0 fully saturated rings. The maximum absolute atomic E-state index is 16.0. The average Bonchev–Trinajstić information content (AvgIpc) is 3.29. The van der Waals surface area contributed by atoms with Gasteiger partial charge in [0.2, 0.25) is 0 Å². The number of hydrogen-bond donors (Lipinski definition) is 1. The molecule has 0 amide bonds. The lowest BCUT2D eigenvalue weighted by atomic mass is 9.87. The summed E-state index contributed by atoms with van der Waals surface area (Å²) in [6.45, 7) is 16.5. The third-order valence-electron chi connectivity index (χ3n) is 9.08. The van der Waals surface area contributed by atoms with Gasteiger partial charge in [0.1, 0.15) is 29.7 Å². The average molecular weight is 624 g/mol. The summed E-state index contributed by atoms with van der Waals surface area (Å²) >= 11 is 0. The summed E-state index contributed by atoms with van der Waals surface area (Å²) in [5.74, 6) is -1.42. The second-order valence-electron chi connectivity index (χ2n) is 14.2. The molecule has 0 spiro atoms. The molecule has 0 aliphatic carbocycles. The van der Waals surface area contributed by atoms with E-state index >= 15 is 13.2 Å². The van der Waals surface area contributed by atoms with Crippen molar-refractivity contribution in [1.29, 1.82) is 0 Å². The van der Waals surface area contributed by atoms with Crippen LogP contribution in [0.2, 0.25) is 18.1 Å². The smallest absolute Gasteiger partial charge is 0.192 e. The number of aromatic nitrogens is 2. The lowest BCUT2D eigenvalue weighted by Crippen LogP contribution is -2.48. The van der Waals surface area contributed by atoms with Gasteiger partial charge in [0.05, 0.1) is 18.3 Å². The maximum Gasteiger partial charge on any atom is 0.192 e. The second-order valence-corrected chi connectivity index (χ2v) is 19.0. The fourth-order valence-electron chi connectivity index (χ4n) is 5.74. The molecule has 1 aliphatic rings. The third-order valence-corrected chi connectivity index (χ3v) is 13.6. The van der Waals surface area contributed by atoms with E-state index in [1.54, 1.807) is 6.20 Å². The zero-order valence-corrected chi connectivity index (χ0v) is 28.0. The Bertz CT molecular complexity index is 1620. The molecule has 2 atom stereocenters. The molecule has 5 rings (SSSR count). The molecule has 3 heterocycles. The lowest BCUT2D eigenvalue weighted by Gasteiger charge is -2.43. The Morgan fingerprint density at radius 3 is 2.34 bits per heavy atom. The Balaban J connectivity index is 1.41. The fourth-order valence-corrected chi connectivity index (χ4v) is 6.70. The number of alkyl halides is 1. The maximum atomic E-state index is 16.0. The van der Waals surface area contributed by atoms with E-state index in [1.807, 2.05) is 48.2 Å². The normalized spacial score (nSPS) is 18.1. The quantitative estimate of drug-likeness (QED) is 0.189. The summed E-state index contributed by atoms with van der Waals surface area (Å²) < 4.78 is 59.2. The topological polar surface area (TPSA) is 50.4 Å². The van der Waals surface area contributed by atoms with Gasteiger partial charge in [0.25, 0.3) is 0 Å². The van der Waals surface area contributed by atoms with Crippen molar-refractivity contribution < 1.29 is 22.3 Å². The molecule has 2 aromatic carbocycles. The summed E-state index contributed by atoms with van der Waals surface area (Å²) in [6, 6.07) is 13.1. The highest BCUT2D eigenvalue weighted by Crippen LogP contribution is 2.44. The Kier molecular flexibility index (Phi) is 8.79. The lowest BCUT2D eigenvalue weighted by molar-refractivity contribution is 0.0642. The molecule has 2 aromatic heterocycles. The van der Waals surface area contributed by atoms with Crippen LogP contribution in [0.15, 0.2) is 54.7 Å². The summed E-state index contributed by atoms with van der Waals surface area (Å²) in [5, 5.41) is 1.11. The van der Waals surface area contributed by atoms with Gasteiger partial charge in [-0.25, -0.2) is 13.2 Å². The van der Waals surface area contributed by atoms with Crippen LogP contribution in [0.1, 0.15) is 75.7 Å². The molecule has 1 aliphatic heterocycles. The largest absolute Gasteiger partial charge is 0.487 e. The van der Waals surface area contributed by atoms with Gasteiger partial charge in [0.15, 0.2) is 8.32 Å². The van der Waals surface area contributed by atoms with Crippen LogP contribution in [0.25, 0.3) is 10.9 Å². The van der Waals surface area contributed by atoms with Gasteiger partial charge in [-0.3, -0.25) is 9.88 Å². The summed E-state index contributed by atoms with van der Waals surface area (Å²) in [5.41, 5.74) is 2.50. The van der Waals surface area contributed by atoms with Crippen molar-refractivity contribution in [3.8, 4) is 5.75 Å². The number of para-hydroxylation sites is 1. The number of rotatable bonds is 9. The number of ether oxygens (including phenoxy) is 1. The number of halogens is 3. The van der Waals surface area contributed by atoms with Crippen LogP contribution < -0.4 is 4.74 Å². The summed E-state index contributed by atoms with van der Waals surface area (Å²) in [7, 11) is -1.93. The van der Waals surface area contributed by atoms with E-state index in [0.29, 0.717) is 24.4 Å². The van der Waals surface area contributed by atoms with Gasteiger partial charge in [-0.2, -0.15) is 0 Å². The van der Waals surface area contributed by atoms with Gasteiger partial charge >= 0.3 is 0 Å². The number of hydrogen-bond acceptors (Lipinski definition) is 4. The standard InChI is InChI=1S/C35H44F3N3O2Si/c1-22-15-27-26-11-9-10-12-30(26)40-32(27)33(41(22)21-35(5,6)38)31-28(36)17-25(18-29(31)37)42-20-24-16-23(13-14-39-24)19-43-44(7,8)34(2,3)4/h9-14,16-18,22,33,40H,15,19-21H2,1-8H3/t22-,33-/m1/s1. The molecule has 0 saturated carbocycles. The minimum absolute atomic E-state index is 0.0198. The first-order valence-electron chi connectivity index (χ1n) is 15.3. The number of benzene rings is 2. The first-order valence-corrected chi connectivity index (χ1v) is 18.2. The SMILES string of the molecule is C[C@@H]1Cc2c([nH]c3ccccc23)[C@@H](c2c(F)cc(OCc3cc(CO[Si](C)(C)C(C)(C)C)ccn3)cc2F)N1CC(C)(C)F. The number of fused-ring (bicyclic) bond motifs is 3. The number of H-pyrrole nitrogens is 1. The van der Waals surface area contributed by atoms with Crippen LogP contribution in [0.5, 0.6) is 5.75 Å². The number of nitrogens with zero attached hydrogens (tertiary/aromatic N) is 2. The Morgan fingerprint density at radius 1 is 1.00 bits per heavy atom. The predicted octanol–water partition coefficient (Wildman–Crippen LogP) is 9.03. The molecule has 44 heavy (non-hydrogen) atoms. The molecular weight excluding hydrogens is 579 g/mol.